The van der Waals surface area contributed by atoms with Crippen molar-refractivity contribution in [3.8, 4) is 5.75 Å². The highest BCUT2D eigenvalue weighted by molar-refractivity contribution is 5.85. The smallest absolute Gasteiger partial charge is 0.142 e. The molecule has 3 rings (SSSR count). The lowest BCUT2D eigenvalue weighted by molar-refractivity contribution is 0.232. The fraction of sp³-hybridized carbons (Fsp3) is 0.0769. The molecule has 0 spiro atoms. The highest BCUT2D eigenvalue weighted by Crippen LogP contribution is 2.36. The van der Waals surface area contributed by atoms with Crippen molar-refractivity contribution in [1.82, 2.24) is 0 Å². The van der Waals surface area contributed by atoms with E-state index in [0.717, 1.165) is 16.7 Å². The van der Waals surface area contributed by atoms with Crippen molar-refractivity contribution in [3.05, 3.63) is 53.8 Å². The van der Waals surface area contributed by atoms with E-state index < -0.39 is 0 Å². The minimum Gasteiger partial charge on any atom is -0.507 e. The largest absolute Gasteiger partial charge is 0.507 e. The summed E-state index contributed by atoms with van der Waals surface area (Å²) in [5.41, 5.74) is 3.02. The number of hydrogen-bond acceptors (Lipinski definition) is 2. The Morgan fingerprint density at radius 2 is 2.20 bits per heavy atom. The lowest BCUT2D eigenvalue weighted by atomic mass is 9.89. The molecule has 1 N–H and O–H groups in total. The molecule has 0 fully saturated rings. The number of phenolic OH excluding ortho intramolecular Hbond substituents is 1. The monoisotopic (exact) mass is 198 g/mol. The maximum absolute atomic E-state index is 9.71. The van der Waals surface area contributed by atoms with Gasteiger partial charge in [-0.3, -0.25) is 0 Å². The van der Waals surface area contributed by atoms with E-state index >= 15 is 0 Å². The van der Waals surface area contributed by atoms with Crippen LogP contribution in [-0.2, 0) is 4.74 Å². The van der Waals surface area contributed by atoms with Crippen LogP contribution >= 0.6 is 0 Å². The number of rotatable bonds is 0. The van der Waals surface area contributed by atoms with Crippen molar-refractivity contribution in [3.63, 3.8) is 0 Å². The van der Waals surface area contributed by atoms with Crippen molar-refractivity contribution in [2.75, 3.05) is 0 Å². The summed E-state index contributed by atoms with van der Waals surface area (Å²) < 4.78 is 5.46. The number of allylic oxidation sites excluding steroid dienone is 2. The molecule has 2 heteroatoms. The van der Waals surface area contributed by atoms with Gasteiger partial charge in [-0.2, -0.15) is 0 Å². The van der Waals surface area contributed by atoms with Crippen LogP contribution in [0.5, 0.6) is 5.75 Å². The second kappa shape index (κ2) is 3.02. The molecule has 1 aliphatic heterocycles. The molecule has 1 aromatic rings. The molecule has 0 bridgehead atoms. The summed E-state index contributed by atoms with van der Waals surface area (Å²) in [5.74, 6) is 0.317. The molecule has 1 atom stereocenters. The summed E-state index contributed by atoms with van der Waals surface area (Å²) >= 11 is 0. The van der Waals surface area contributed by atoms with Gasteiger partial charge < -0.3 is 9.84 Å². The quantitative estimate of drug-likeness (QED) is 0.694. The van der Waals surface area contributed by atoms with Gasteiger partial charge in [0.15, 0.2) is 0 Å². The van der Waals surface area contributed by atoms with Crippen LogP contribution in [0, 0.1) is 0 Å². The molecule has 74 valence electrons. The molecule has 1 aromatic carbocycles. The average molecular weight is 198 g/mol. The van der Waals surface area contributed by atoms with E-state index in [9.17, 15) is 5.11 Å². The highest BCUT2D eigenvalue weighted by Gasteiger charge is 2.22. The molecule has 1 aliphatic carbocycles. The maximum Gasteiger partial charge on any atom is 0.142 e. The summed E-state index contributed by atoms with van der Waals surface area (Å²) in [6.07, 6.45) is 9.44. The summed E-state index contributed by atoms with van der Waals surface area (Å²) in [5, 5.41) is 9.71. The number of benzene rings is 1. The second-order valence-electron chi connectivity index (χ2n) is 3.60. The molecular weight excluding hydrogens is 188 g/mol. The first kappa shape index (κ1) is 8.36. The minimum atomic E-state index is -0.00991. The van der Waals surface area contributed by atoms with Crippen molar-refractivity contribution in [2.45, 2.75) is 6.10 Å². The molecular formula is C13H10O2. The van der Waals surface area contributed by atoms with Gasteiger partial charge in [-0.25, -0.2) is 0 Å². The predicted molar refractivity (Wildman–Crippen MR) is 59.1 cm³/mol. The number of fused-ring (bicyclic) bond motifs is 3. The van der Waals surface area contributed by atoms with Gasteiger partial charge in [-0.05, 0) is 23.8 Å². The van der Waals surface area contributed by atoms with Gasteiger partial charge in [0.05, 0.1) is 6.26 Å². The Bertz CT molecular complexity index is 495. The van der Waals surface area contributed by atoms with Crippen molar-refractivity contribution in [2.24, 2.45) is 0 Å². The molecule has 0 aromatic heterocycles. The van der Waals surface area contributed by atoms with Crippen LogP contribution in [0.1, 0.15) is 11.1 Å². The first-order valence-electron chi connectivity index (χ1n) is 4.89. The van der Waals surface area contributed by atoms with Crippen LogP contribution in [0.15, 0.2) is 42.7 Å². The van der Waals surface area contributed by atoms with E-state index in [0.29, 0.717) is 5.75 Å². The molecule has 0 saturated carbocycles. The zero-order valence-corrected chi connectivity index (χ0v) is 8.05. The zero-order valence-electron chi connectivity index (χ0n) is 8.05. The molecule has 0 amide bonds. The molecule has 15 heavy (non-hydrogen) atoms. The van der Waals surface area contributed by atoms with Gasteiger partial charge in [0, 0.05) is 11.1 Å². The fourth-order valence-electron chi connectivity index (χ4n) is 2.00. The Morgan fingerprint density at radius 3 is 3.13 bits per heavy atom. The Hall–Kier alpha value is -1.96. The van der Waals surface area contributed by atoms with Crippen molar-refractivity contribution >= 4 is 11.6 Å². The Labute approximate surface area is 87.8 Å². The third-order valence-electron chi connectivity index (χ3n) is 2.72. The standard InChI is InChI=1S/C13H10O2/c14-12-5-1-3-9-10(12)6-7-13-11(9)4-2-8-15-13/h1-8,13-14H. The molecule has 1 unspecified atom stereocenters. The predicted octanol–water partition coefficient (Wildman–Crippen LogP) is 2.71. The highest BCUT2D eigenvalue weighted by atomic mass is 16.5. The number of hydrogen-bond donors (Lipinski definition) is 1. The van der Waals surface area contributed by atoms with Crippen LogP contribution in [0.25, 0.3) is 11.6 Å². The van der Waals surface area contributed by atoms with E-state index in [1.807, 2.05) is 36.4 Å². The summed E-state index contributed by atoms with van der Waals surface area (Å²) in [7, 11) is 0. The molecule has 0 radical (unpaired) electrons. The summed E-state index contributed by atoms with van der Waals surface area (Å²) in [6.45, 7) is 0. The van der Waals surface area contributed by atoms with E-state index in [4.69, 9.17) is 4.74 Å². The minimum absolute atomic E-state index is 0.00991. The van der Waals surface area contributed by atoms with Gasteiger partial charge >= 0.3 is 0 Å². The van der Waals surface area contributed by atoms with Gasteiger partial charge in [0.25, 0.3) is 0 Å². The molecule has 2 aliphatic rings. The SMILES string of the molecule is Oc1cccc2c1C=CC1OC=CC=C21. The maximum atomic E-state index is 9.71. The first-order valence-corrected chi connectivity index (χ1v) is 4.89. The molecule has 1 heterocycles. The van der Waals surface area contributed by atoms with E-state index in [2.05, 4.69) is 0 Å². The molecule has 0 saturated heterocycles. The van der Waals surface area contributed by atoms with Gasteiger partial charge in [0.1, 0.15) is 11.9 Å². The fourth-order valence-corrected chi connectivity index (χ4v) is 2.00. The van der Waals surface area contributed by atoms with Gasteiger partial charge in [-0.1, -0.05) is 24.3 Å². The number of phenols is 1. The summed E-state index contributed by atoms with van der Waals surface area (Å²) in [4.78, 5) is 0. The van der Waals surface area contributed by atoms with Crippen LogP contribution in [-0.4, -0.2) is 11.2 Å². The van der Waals surface area contributed by atoms with E-state index in [1.165, 1.54) is 0 Å². The van der Waals surface area contributed by atoms with Crippen LogP contribution in [0.2, 0.25) is 0 Å². The topological polar surface area (TPSA) is 29.5 Å². The van der Waals surface area contributed by atoms with E-state index in [1.54, 1.807) is 12.3 Å². The van der Waals surface area contributed by atoms with Crippen LogP contribution in [0.4, 0.5) is 0 Å². The van der Waals surface area contributed by atoms with Gasteiger partial charge in [-0.15, -0.1) is 0 Å². The van der Waals surface area contributed by atoms with Gasteiger partial charge in [0.2, 0.25) is 0 Å². The summed E-state index contributed by atoms with van der Waals surface area (Å²) in [6, 6.07) is 5.55. The van der Waals surface area contributed by atoms with Crippen molar-refractivity contribution in [1.29, 1.82) is 0 Å². The lowest BCUT2D eigenvalue weighted by Gasteiger charge is -2.25. The van der Waals surface area contributed by atoms with Crippen LogP contribution < -0.4 is 0 Å². The Balaban J connectivity index is 2.24. The lowest BCUT2D eigenvalue weighted by Crippen LogP contribution is -2.15. The Morgan fingerprint density at radius 1 is 1.27 bits per heavy atom. The number of ether oxygens (including phenoxy) is 1. The Kier molecular flexibility index (Phi) is 1.68. The van der Waals surface area contributed by atoms with Crippen molar-refractivity contribution < 1.29 is 9.84 Å². The molecule has 2 nitrogen and oxygen atoms in total. The van der Waals surface area contributed by atoms with E-state index in [-0.39, 0.29) is 6.10 Å². The third-order valence-corrected chi connectivity index (χ3v) is 2.72. The second-order valence-corrected chi connectivity index (χ2v) is 3.60. The third kappa shape index (κ3) is 1.18. The zero-order chi connectivity index (χ0) is 10.3. The first-order chi connectivity index (χ1) is 7.36. The van der Waals surface area contributed by atoms with Crippen LogP contribution in [0.3, 0.4) is 0 Å². The average Bonchev–Trinajstić information content (AvgIpc) is 2.29. The normalized spacial score (nSPS) is 21.3. The number of aromatic hydroxyl groups is 1.